The van der Waals surface area contributed by atoms with E-state index in [0.29, 0.717) is 18.9 Å². The highest BCUT2D eigenvalue weighted by atomic mass is 16.4. The van der Waals surface area contributed by atoms with Crippen molar-refractivity contribution in [3.63, 3.8) is 0 Å². The number of aromatic hydroxyl groups is 1. The molecule has 1 aromatic heterocycles. The topological polar surface area (TPSA) is 99.8 Å². The summed E-state index contributed by atoms with van der Waals surface area (Å²) in [6.45, 7) is 0.310. The number of benzene rings is 2. The highest BCUT2D eigenvalue weighted by molar-refractivity contribution is 5.99. The fourth-order valence-electron chi connectivity index (χ4n) is 6.30. The van der Waals surface area contributed by atoms with Crippen LogP contribution in [0, 0.1) is 5.41 Å². The lowest BCUT2D eigenvalue weighted by atomic mass is 9.81. The molecule has 2 fully saturated rings. The van der Waals surface area contributed by atoms with Gasteiger partial charge in [-0.05, 0) is 66.6 Å². The summed E-state index contributed by atoms with van der Waals surface area (Å²) in [6, 6.07) is 10.6. The smallest absolute Gasteiger partial charge is 0.335 e. The van der Waals surface area contributed by atoms with Crippen molar-refractivity contribution in [2.75, 3.05) is 0 Å². The summed E-state index contributed by atoms with van der Waals surface area (Å²) in [7, 11) is 0. The van der Waals surface area contributed by atoms with Gasteiger partial charge in [-0.25, -0.2) is 4.79 Å². The third kappa shape index (κ3) is 2.58. The maximum atomic E-state index is 12.4. The summed E-state index contributed by atoms with van der Waals surface area (Å²) >= 11 is 0. The van der Waals surface area contributed by atoms with E-state index in [9.17, 15) is 24.9 Å². The molecular formula is C26H25NO5. The Bertz CT molecular complexity index is 1300. The molecule has 1 aliphatic heterocycles. The predicted molar refractivity (Wildman–Crippen MR) is 119 cm³/mol. The molecule has 32 heavy (non-hydrogen) atoms. The predicted octanol–water partition coefficient (Wildman–Crippen LogP) is 5.33. The number of rotatable bonds is 3. The largest absolute Gasteiger partial charge is 0.508 e. The van der Waals surface area contributed by atoms with Crippen LogP contribution in [0.1, 0.15) is 71.8 Å². The Labute approximate surface area is 185 Å². The van der Waals surface area contributed by atoms with Crippen molar-refractivity contribution in [1.82, 2.24) is 4.57 Å². The van der Waals surface area contributed by atoms with Gasteiger partial charge in [0.15, 0.2) is 0 Å². The quantitative estimate of drug-likeness (QED) is 0.520. The van der Waals surface area contributed by atoms with Gasteiger partial charge in [-0.3, -0.25) is 4.79 Å². The number of carbonyl (C=O) groups is 2. The van der Waals surface area contributed by atoms with Gasteiger partial charge in [0.2, 0.25) is 0 Å². The molecule has 2 heterocycles. The van der Waals surface area contributed by atoms with Gasteiger partial charge in [-0.2, -0.15) is 0 Å². The van der Waals surface area contributed by atoms with Gasteiger partial charge in [0.05, 0.1) is 16.7 Å². The molecule has 2 unspecified atom stereocenters. The van der Waals surface area contributed by atoms with Gasteiger partial charge in [-0.15, -0.1) is 0 Å². The van der Waals surface area contributed by atoms with E-state index in [1.165, 1.54) is 12.0 Å². The molecule has 164 valence electrons. The van der Waals surface area contributed by atoms with Crippen LogP contribution in [0.5, 0.6) is 5.75 Å². The summed E-state index contributed by atoms with van der Waals surface area (Å²) in [6.07, 6.45) is 6.22. The number of nitrogens with zero attached hydrogens (tertiary/aromatic N) is 1. The Morgan fingerprint density at radius 3 is 2.50 bits per heavy atom. The molecule has 0 bridgehead atoms. The normalized spacial score (nSPS) is 24.3. The zero-order chi connectivity index (χ0) is 22.2. The number of phenolic OH excluding ortho intramolecular Hbond substituents is 1. The molecule has 0 radical (unpaired) electrons. The number of carboxylic acids is 2. The van der Waals surface area contributed by atoms with Crippen LogP contribution < -0.4 is 0 Å². The third-order valence-corrected chi connectivity index (χ3v) is 7.97. The number of fused-ring (bicyclic) bond motifs is 7. The molecule has 3 aliphatic rings. The van der Waals surface area contributed by atoms with E-state index in [2.05, 4.69) is 4.57 Å². The second kappa shape index (κ2) is 6.61. The standard InChI is InChI=1S/C26H25NO5/c28-16-7-9-17-19(11-16)20-12-26(20,25(31)32)13-27-21-10-15(24(29)30)6-8-18(21)22(23(17)27)14-4-2-1-3-5-14/h6-11,14,20,28H,1-5,12-13H2,(H,29,30)(H,31,32). The first kappa shape index (κ1) is 19.4. The molecule has 2 aliphatic carbocycles. The summed E-state index contributed by atoms with van der Waals surface area (Å²) in [5.41, 5.74) is 4.17. The maximum Gasteiger partial charge on any atom is 0.335 e. The fraction of sp³-hybridized carbons (Fsp3) is 0.385. The van der Waals surface area contributed by atoms with Gasteiger partial charge in [0, 0.05) is 28.9 Å². The second-order valence-corrected chi connectivity index (χ2v) is 9.71. The van der Waals surface area contributed by atoms with Crippen LogP contribution in [0.3, 0.4) is 0 Å². The van der Waals surface area contributed by atoms with Crippen molar-refractivity contribution in [1.29, 1.82) is 0 Å². The van der Waals surface area contributed by atoms with E-state index in [4.69, 9.17) is 0 Å². The van der Waals surface area contributed by atoms with Gasteiger partial charge < -0.3 is 19.9 Å². The minimum Gasteiger partial charge on any atom is -0.508 e. The van der Waals surface area contributed by atoms with Crippen LogP contribution in [-0.2, 0) is 11.3 Å². The van der Waals surface area contributed by atoms with E-state index >= 15 is 0 Å². The zero-order valence-electron chi connectivity index (χ0n) is 17.7. The lowest BCUT2D eigenvalue weighted by Gasteiger charge is -2.24. The van der Waals surface area contributed by atoms with Crippen LogP contribution in [0.4, 0.5) is 0 Å². The Morgan fingerprint density at radius 1 is 1.00 bits per heavy atom. The minimum atomic E-state index is -0.988. The number of hydrogen-bond donors (Lipinski definition) is 3. The van der Waals surface area contributed by atoms with E-state index in [0.717, 1.165) is 53.4 Å². The molecule has 0 spiro atoms. The van der Waals surface area contributed by atoms with E-state index in [1.807, 2.05) is 12.1 Å². The summed E-state index contributed by atoms with van der Waals surface area (Å²) in [4.78, 5) is 24.2. The average Bonchev–Trinajstić information content (AvgIpc) is 3.46. The Hall–Kier alpha value is -3.28. The summed E-state index contributed by atoms with van der Waals surface area (Å²) < 4.78 is 2.07. The monoisotopic (exact) mass is 431 g/mol. The lowest BCUT2D eigenvalue weighted by Crippen LogP contribution is -2.22. The summed E-state index contributed by atoms with van der Waals surface area (Å²) in [5.74, 6) is -1.47. The zero-order valence-corrected chi connectivity index (χ0v) is 17.7. The molecule has 6 nitrogen and oxygen atoms in total. The number of aromatic nitrogens is 1. The minimum absolute atomic E-state index is 0.145. The number of hydrogen-bond acceptors (Lipinski definition) is 3. The van der Waals surface area contributed by atoms with Crippen molar-refractivity contribution in [2.45, 2.75) is 56.9 Å². The number of carboxylic acid groups (broad SMARTS) is 2. The van der Waals surface area contributed by atoms with Gasteiger partial charge in [-0.1, -0.05) is 25.3 Å². The molecule has 6 heteroatoms. The first-order chi connectivity index (χ1) is 15.4. The van der Waals surface area contributed by atoms with Gasteiger partial charge in [0.1, 0.15) is 5.75 Å². The Balaban J connectivity index is 1.71. The molecule has 6 rings (SSSR count). The number of aliphatic carboxylic acids is 1. The van der Waals surface area contributed by atoms with Crippen molar-refractivity contribution < 1.29 is 24.9 Å². The molecule has 2 saturated carbocycles. The average molecular weight is 431 g/mol. The van der Waals surface area contributed by atoms with Gasteiger partial charge in [0.25, 0.3) is 0 Å². The van der Waals surface area contributed by atoms with Gasteiger partial charge >= 0.3 is 11.9 Å². The van der Waals surface area contributed by atoms with Crippen molar-refractivity contribution in [3.8, 4) is 17.0 Å². The lowest BCUT2D eigenvalue weighted by molar-refractivity contribution is -0.144. The summed E-state index contributed by atoms with van der Waals surface area (Å²) in [5, 5.41) is 31.0. The van der Waals surface area contributed by atoms with Crippen LogP contribution in [-0.4, -0.2) is 31.8 Å². The number of phenols is 1. The highest BCUT2D eigenvalue weighted by Crippen LogP contribution is 2.65. The molecule has 2 atom stereocenters. The van der Waals surface area contributed by atoms with Crippen molar-refractivity contribution in [3.05, 3.63) is 53.1 Å². The molecule has 0 saturated heterocycles. The van der Waals surface area contributed by atoms with Crippen LogP contribution in [0.2, 0.25) is 0 Å². The van der Waals surface area contributed by atoms with E-state index in [1.54, 1.807) is 24.3 Å². The first-order valence-electron chi connectivity index (χ1n) is 11.4. The highest BCUT2D eigenvalue weighted by Gasteiger charge is 2.63. The van der Waals surface area contributed by atoms with Crippen molar-refractivity contribution in [2.24, 2.45) is 5.41 Å². The molecule has 2 aromatic carbocycles. The SMILES string of the molecule is O=C(O)c1ccc2c(C3CCCCC3)c3n(c2c1)CC1(C(=O)O)CC1c1cc(O)ccc1-3. The number of aromatic carboxylic acids is 1. The van der Waals surface area contributed by atoms with Crippen LogP contribution in [0.25, 0.3) is 22.2 Å². The van der Waals surface area contributed by atoms with Crippen LogP contribution >= 0.6 is 0 Å². The first-order valence-corrected chi connectivity index (χ1v) is 11.4. The molecule has 0 amide bonds. The maximum absolute atomic E-state index is 12.4. The van der Waals surface area contributed by atoms with E-state index in [-0.39, 0.29) is 17.2 Å². The Kier molecular flexibility index (Phi) is 4.01. The Morgan fingerprint density at radius 2 is 1.78 bits per heavy atom. The molecular weight excluding hydrogens is 406 g/mol. The van der Waals surface area contributed by atoms with Crippen LogP contribution in [0.15, 0.2) is 36.4 Å². The van der Waals surface area contributed by atoms with E-state index < -0.39 is 17.4 Å². The second-order valence-electron chi connectivity index (χ2n) is 9.71. The molecule has 3 aromatic rings. The van der Waals surface area contributed by atoms with Crippen molar-refractivity contribution >= 4 is 22.8 Å². The molecule has 3 N–H and O–H groups in total. The third-order valence-electron chi connectivity index (χ3n) is 7.97. The fourth-order valence-corrected chi connectivity index (χ4v) is 6.30.